The minimum Gasteiger partial charge on any atom is -0.487 e. The minimum atomic E-state index is -0.508. The van der Waals surface area contributed by atoms with E-state index in [4.69, 9.17) is 30.5 Å². The Morgan fingerprint density at radius 1 is 1.19 bits per heavy atom. The number of carbonyl (C=O) groups excluding carboxylic acids is 2. The Morgan fingerprint density at radius 2 is 2.00 bits per heavy atom. The third-order valence-corrected chi connectivity index (χ3v) is 5.39. The number of methoxy groups -OCH3 is 1. The number of hydrogen-bond donors (Lipinski definition) is 1. The molecule has 0 radical (unpaired) electrons. The third-order valence-electron chi connectivity index (χ3n) is 5.09. The predicted octanol–water partition coefficient (Wildman–Crippen LogP) is 3.13. The Bertz CT molecular complexity index is 982. The summed E-state index contributed by atoms with van der Waals surface area (Å²) < 4.78 is 21.8. The van der Waals surface area contributed by atoms with E-state index in [1.165, 1.54) is 0 Å². The highest BCUT2D eigenvalue weighted by Crippen LogP contribution is 2.37. The van der Waals surface area contributed by atoms with Gasteiger partial charge in [-0.1, -0.05) is 17.7 Å². The number of para-hydroxylation sites is 1. The molecule has 2 amide bonds. The first-order chi connectivity index (χ1) is 15.1. The lowest BCUT2D eigenvalue weighted by molar-refractivity contribution is -0.122. The highest BCUT2D eigenvalue weighted by Gasteiger charge is 2.36. The highest BCUT2D eigenvalue weighted by atomic mass is 35.5. The first-order valence-corrected chi connectivity index (χ1v) is 10.4. The van der Waals surface area contributed by atoms with E-state index in [-0.39, 0.29) is 24.8 Å². The molecule has 0 saturated carbocycles. The van der Waals surface area contributed by atoms with Crippen LogP contribution < -0.4 is 24.4 Å². The van der Waals surface area contributed by atoms with Crippen molar-refractivity contribution < 1.29 is 28.5 Å². The second-order valence-electron chi connectivity index (χ2n) is 7.18. The van der Waals surface area contributed by atoms with Crippen molar-refractivity contribution in [2.24, 2.45) is 5.92 Å². The zero-order valence-corrected chi connectivity index (χ0v) is 17.8. The lowest BCUT2D eigenvalue weighted by Gasteiger charge is -2.22. The first kappa shape index (κ1) is 21.3. The van der Waals surface area contributed by atoms with Crippen LogP contribution in [0.2, 0.25) is 5.02 Å². The van der Waals surface area contributed by atoms with E-state index in [0.29, 0.717) is 60.1 Å². The van der Waals surface area contributed by atoms with E-state index in [1.807, 2.05) is 0 Å². The molecule has 1 saturated heterocycles. The molecule has 0 aliphatic carbocycles. The molecule has 2 aliphatic rings. The SMILES string of the molecule is COCCOc1c(Cl)cccc1NC(=O)C1CC(=O)N(c2ccc3c(c2)OCCO3)C1. The van der Waals surface area contributed by atoms with Crippen LogP contribution in [0.1, 0.15) is 6.42 Å². The molecule has 0 spiro atoms. The summed E-state index contributed by atoms with van der Waals surface area (Å²) in [4.78, 5) is 27.1. The molecule has 4 rings (SSSR count). The van der Waals surface area contributed by atoms with Crippen LogP contribution in [0.15, 0.2) is 36.4 Å². The number of fused-ring (bicyclic) bond motifs is 1. The van der Waals surface area contributed by atoms with Gasteiger partial charge in [0, 0.05) is 31.8 Å². The Labute approximate surface area is 185 Å². The molecular weight excluding hydrogens is 424 g/mol. The van der Waals surface area contributed by atoms with Gasteiger partial charge in [-0.05, 0) is 24.3 Å². The van der Waals surface area contributed by atoms with Crippen molar-refractivity contribution in [3.63, 3.8) is 0 Å². The predicted molar refractivity (Wildman–Crippen MR) is 115 cm³/mol. The molecule has 164 valence electrons. The van der Waals surface area contributed by atoms with Gasteiger partial charge in [0.05, 0.1) is 23.2 Å². The smallest absolute Gasteiger partial charge is 0.229 e. The summed E-state index contributed by atoms with van der Waals surface area (Å²) in [5.74, 6) is 0.722. The maximum atomic E-state index is 12.9. The molecule has 8 nitrogen and oxygen atoms in total. The van der Waals surface area contributed by atoms with E-state index in [9.17, 15) is 9.59 Å². The van der Waals surface area contributed by atoms with E-state index in [0.717, 1.165) is 0 Å². The van der Waals surface area contributed by atoms with E-state index in [2.05, 4.69) is 5.32 Å². The van der Waals surface area contributed by atoms with Gasteiger partial charge in [0.1, 0.15) is 19.8 Å². The molecule has 1 N–H and O–H groups in total. The quantitative estimate of drug-likeness (QED) is 0.657. The molecular formula is C22H23ClN2O6. The maximum Gasteiger partial charge on any atom is 0.229 e. The largest absolute Gasteiger partial charge is 0.487 e. The lowest BCUT2D eigenvalue weighted by atomic mass is 10.1. The van der Waals surface area contributed by atoms with Crippen LogP contribution in [-0.4, -0.2) is 51.9 Å². The number of amides is 2. The molecule has 0 bridgehead atoms. The molecule has 0 aromatic heterocycles. The van der Waals surface area contributed by atoms with Crippen molar-refractivity contribution in [3.05, 3.63) is 41.4 Å². The molecule has 2 aromatic carbocycles. The summed E-state index contributed by atoms with van der Waals surface area (Å²) in [6.45, 7) is 1.91. The van der Waals surface area contributed by atoms with Crippen LogP contribution in [0.3, 0.4) is 0 Å². The monoisotopic (exact) mass is 446 g/mol. The topological polar surface area (TPSA) is 86.3 Å². The van der Waals surface area contributed by atoms with Gasteiger partial charge in [-0.15, -0.1) is 0 Å². The van der Waals surface area contributed by atoms with Gasteiger partial charge in [0.25, 0.3) is 0 Å². The molecule has 1 atom stereocenters. The number of anilines is 2. The first-order valence-electron chi connectivity index (χ1n) is 9.98. The summed E-state index contributed by atoms with van der Waals surface area (Å²) in [5.41, 5.74) is 1.13. The fourth-order valence-corrected chi connectivity index (χ4v) is 3.78. The molecule has 9 heteroatoms. The number of rotatable bonds is 7. The van der Waals surface area contributed by atoms with Gasteiger partial charge in [-0.25, -0.2) is 0 Å². The van der Waals surface area contributed by atoms with Gasteiger partial charge < -0.3 is 29.2 Å². The minimum absolute atomic E-state index is 0.112. The van der Waals surface area contributed by atoms with Crippen LogP contribution in [0, 0.1) is 5.92 Å². The second-order valence-corrected chi connectivity index (χ2v) is 7.59. The Kier molecular flexibility index (Phi) is 6.48. The average molecular weight is 447 g/mol. The van der Waals surface area contributed by atoms with Crippen LogP contribution in [0.25, 0.3) is 0 Å². The number of nitrogens with one attached hydrogen (secondary N) is 1. The van der Waals surface area contributed by atoms with Gasteiger partial charge in [0.2, 0.25) is 11.8 Å². The zero-order chi connectivity index (χ0) is 21.8. The van der Waals surface area contributed by atoms with Crippen molar-refractivity contribution in [1.82, 2.24) is 0 Å². The van der Waals surface area contributed by atoms with Gasteiger partial charge in [-0.2, -0.15) is 0 Å². The summed E-state index contributed by atoms with van der Waals surface area (Å²) in [6, 6.07) is 10.5. The Morgan fingerprint density at radius 3 is 2.81 bits per heavy atom. The van der Waals surface area contributed by atoms with Crippen molar-refractivity contribution in [2.45, 2.75) is 6.42 Å². The molecule has 2 aliphatic heterocycles. The average Bonchev–Trinajstić information content (AvgIpc) is 3.17. The standard InChI is InChI=1S/C22H23ClN2O6/c1-28-7-8-31-21-16(23)3-2-4-17(21)24-22(27)14-11-20(26)25(13-14)15-5-6-18-19(12-15)30-10-9-29-18/h2-6,12,14H,7-11,13H2,1H3,(H,24,27). The van der Waals surface area contributed by atoms with Crippen LogP contribution in [0.4, 0.5) is 11.4 Å². The number of halogens is 1. The van der Waals surface area contributed by atoms with Crippen molar-refractivity contribution in [2.75, 3.05) is 50.3 Å². The summed E-state index contributed by atoms with van der Waals surface area (Å²) in [5, 5.41) is 3.23. The fourth-order valence-electron chi connectivity index (χ4n) is 3.55. The zero-order valence-electron chi connectivity index (χ0n) is 17.1. The second kappa shape index (κ2) is 9.45. The fraction of sp³-hybridized carbons (Fsp3) is 0.364. The molecule has 31 heavy (non-hydrogen) atoms. The highest BCUT2D eigenvalue weighted by molar-refractivity contribution is 6.32. The number of ether oxygens (including phenoxy) is 4. The lowest BCUT2D eigenvalue weighted by Crippen LogP contribution is -2.28. The van der Waals surface area contributed by atoms with Crippen LogP contribution >= 0.6 is 11.6 Å². The van der Waals surface area contributed by atoms with E-state index >= 15 is 0 Å². The molecule has 2 heterocycles. The number of nitrogens with zero attached hydrogens (tertiary/aromatic N) is 1. The third kappa shape index (κ3) is 4.70. The van der Waals surface area contributed by atoms with Crippen molar-refractivity contribution in [1.29, 1.82) is 0 Å². The number of carbonyl (C=O) groups is 2. The van der Waals surface area contributed by atoms with Crippen LogP contribution in [-0.2, 0) is 14.3 Å². The van der Waals surface area contributed by atoms with E-state index < -0.39 is 5.92 Å². The maximum absolute atomic E-state index is 12.9. The molecule has 2 aromatic rings. The molecule has 1 unspecified atom stereocenters. The molecule has 1 fully saturated rings. The summed E-state index contributed by atoms with van der Waals surface area (Å²) in [7, 11) is 1.57. The Balaban J connectivity index is 1.45. The van der Waals surface area contributed by atoms with Crippen LogP contribution in [0.5, 0.6) is 17.2 Å². The van der Waals surface area contributed by atoms with Crippen molar-refractivity contribution in [3.8, 4) is 17.2 Å². The Hall–Kier alpha value is -2.97. The van der Waals surface area contributed by atoms with Gasteiger partial charge in [0.15, 0.2) is 17.2 Å². The van der Waals surface area contributed by atoms with Gasteiger partial charge >= 0.3 is 0 Å². The number of hydrogen-bond acceptors (Lipinski definition) is 6. The number of benzene rings is 2. The normalized spacial score (nSPS) is 17.5. The summed E-state index contributed by atoms with van der Waals surface area (Å²) >= 11 is 6.23. The van der Waals surface area contributed by atoms with E-state index in [1.54, 1.807) is 48.4 Å². The van der Waals surface area contributed by atoms with Crippen molar-refractivity contribution >= 4 is 34.8 Å². The van der Waals surface area contributed by atoms with Gasteiger partial charge in [-0.3, -0.25) is 9.59 Å². The summed E-state index contributed by atoms with van der Waals surface area (Å²) in [6.07, 6.45) is 0.112.